The Balaban J connectivity index is 1.73. The van der Waals surface area contributed by atoms with Crippen LogP contribution in [0.4, 0.5) is 0 Å². The Kier molecular flexibility index (Phi) is 6.17. The van der Waals surface area contributed by atoms with Gasteiger partial charge in [-0.05, 0) is 32.9 Å². The molecule has 6 nitrogen and oxygen atoms in total. The van der Waals surface area contributed by atoms with Crippen LogP contribution in [0, 0.1) is 13.8 Å². The third-order valence-corrected chi connectivity index (χ3v) is 7.85. The molecular formula is C18H24Cl2N4O2S. The van der Waals surface area contributed by atoms with E-state index in [2.05, 4.69) is 10.00 Å². The van der Waals surface area contributed by atoms with Crippen molar-refractivity contribution in [1.29, 1.82) is 0 Å². The van der Waals surface area contributed by atoms with Gasteiger partial charge in [0.25, 0.3) is 0 Å². The molecule has 1 aromatic heterocycles. The molecule has 0 aliphatic carbocycles. The van der Waals surface area contributed by atoms with Crippen LogP contribution in [0.15, 0.2) is 23.1 Å². The average Bonchev–Trinajstić information content (AvgIpc) is 2.93. The molecule has 2 aromatic rings. The summed E-state index contributed by atoms with van der Waals surface area (Å²) < 4.78 is 29.6. The van der Waals surface area contributed by atoms with E-state index in [1.807, 2.05) is 32.0 Å². The summed E-state index contributed by atoms with van der Waals surface area (Å²) in [5.41, 5.74) is 2.13. The molecule has 1 saturated heterocycles. The van der Waals surface area contributed by atoms with Crippen molar-refractivity contribution < 1.29 is 8.42 Å². The van der Waals surface area contributed by atoms with Crippen LogP contribution in [-0.2, 0) is 23.1 Å². The number of hydrogen-bond donors (Lipinski definition) is 0. The molecule has 3 rings (SSSR count). The summed E-state index contributed by atoms with van der Waals surface area (Å²) in [7, 11) is -3.55. The highest BCUT2D eigenvalue weighted by Crippen LogP contribution is 2.28. The van der Waals surface area contributed by atoms with Gasteiger partial charge in [-0.15, -0.1) is 0 Å². The van der Waals surface area contributed by atoms with Gasteiger partial charge in [-0.1, -0.05) is 29.3 Å². The van der Waals surface area contributed by atoms with Crippen LogP contribution < -0.4 is 0 Å². The van der Waals surface area contributed by atoms with Gasteiger partial charge < -0.3 is 0 Å². The number of halogens is 2. The highest BCUT2D eigenvalue weighted by atomic mass is 35.5. The van der Waals surface area contributed by atoms with Crippen molar-refractivity contribution in [3.63, 3.8) is 0 Å². The van der Waals surface area contributed by atoms with Crippen LogP contribution in [0.3, 0.4) is 0 Å². The summed E-state index contributed by atoms with van der Waals surface area (Å²) in [4.78, 5) is 2.51. The Morgan fingerprint density at radius 3 is 2.19 bits per heavy atom. The van der Waals surface area contributed by atoms with Gasteiger partial charge in [-0.25, -0.2) is 8.42 Å². The Morgan fingerprint density at radius 1 is 1.07 bits per heavy atom. The summed E-state index contributed by atoms with van der Waals surface area (Å²) in [5.74, 6) is 0. The maximum absolute atomic E-state index is 13.1. The molecule has 0 radical (unpaired) electrons. The van der Waals surface area contributed by atoms with Crippen molar-refractivity contribution in [3.05, 3.63) is 45.2 Å². The number of hydrogen-bond acceptors (Lipinski definition) is 4. The highest BCUT2D eigenvalue weighted by Gasteiger charge is 2.33. The van der Waals surface area contributed by atoms with Crippen LogP contribution in [0.2, 0.25) is 10.0 Å². The number of sulfonamides is 1. The predicted octanol–water partition coefficient (Wildman–Crippen LogP) is 3.33. The SMILES string of the molecule is CCn1nc(C)c(S(=O)(=O)N2CCN(Cc3c(Cl)cccc3Cl)CC2)c1C. The number of rotatable bonds is 5. The largest absolute Gasteiger partial charge is 0.296 e. The fourth-order valence-corrected chi connectivity index (χ4v) is 5.84. The molecule has 27 heavy (non-hydrogen) atoms. The lowest BCUT2D eigenvalue weighted by Crippen LogP contribution is -2.48. The maximum atomic E-state index is 13.1. The van der Waals surface area contributed by atoms with Gasteiger partial charge in [0.2, 0.25) is 10.0 Å². The molecule has 0 bridgehead atoms. The summed E-state index contributed by atoms with van der Waals surface area (Å²) in [5, 5.41) is 5.62. The van der Waals surface area contributed by atoms with Gasteiger partial charge in [-0.2, -0.15) is 9.40 Å². The van der Waals surface area contributed by atoms with Crippen molar-refractivity contribution in [3.8, 4) is 0 Å². The number of piperazine rings is 1. The molecule has 2 heterocycles. The first-order chi connectivity index (χ1) is 12.8. The molecule has 1 fully saturated rings. The lowest BCUT2D eigenvalue weighted by molar-refractivity contribution is 0.181. The molecule has 9 heteroatoms. The fraction of sp³-hybridized carbons (Fsp3) is 0.500. The molecule has 0 unspecified atom stereocenters. The minimum absolute atomic E-state index is 0.340. The molecule has 0 spiro atoms. The molecule has 148 valence electrons. The quantitative estimate of drug-likeness (QED) is 0.729. The minimum atomic E-state index is -3.55. The monoisotopic (exact) mass is 430 g/mol. The van der Waals surface area contributed by atoms with E-state index in [0.29, 0.717) is 65.6 Å². The Hall–Kier alpha value is -1.12. The Morgan fingerprint density at radius 2 is 1.67 bits per heavy atom. The zero-order chi connectivity index (χ0) is 19.8. The number of aryl methyl sites for hydroxylation is 2. The van der Waals surface area contributed by atoms with Crippen LogP contribution in [0.25, 0.3) is 0 Å². The summed E-state index contributed by atoms with van der Waals surface area (Å²) in [6, 6.07) is 5.46. The van der Waals surface area contributed by atoms with E-state index in [4.69, 9.17) is 23.2 Å². The second-order valence-corrected chi connectivity index (χ2v) is 9.39. The van der Waals surface area contributed by atoms with E-state index in [1.54, 1.807) is 15.9 Å². The maximum Gasteiger partial charge on any atom is 0.246 e. The lowest BCUT2D eigenvalue weighted by atomic mass is 10.2. The summed E-state index contributed by atoms with van der Waals surface area (Å²) in [6.45, 7) is 8.89. The second-order valence-electron chi connectivity index (χ2n) is 6.70. The standard InChI is InChI=1S/C18H24Cl2N4O2S/c1-4-24-14(3)18(13(2)21-24)27(25,26)23-10-8-22(9-11-23)12-15-16(19)6-5-7-17(15)20/h5-7H,4,8-12H2,1-3H3. The van der Waals surface area contributed by atoms with Crippen molar-refractivity contribution in [1.82, 2.24) is 19.0 Å². The van der Waals surface area contributed by atoms with E-state index in [-0.39, 0.29) is 0 Å². The van der Waals surface area contributed by atoms with Crippen LogP contribution >= 0.6 is 23.2 Å². The predicted molar refractivity (Wildman–Crippen MR) is 108 cm³/mol. The second kappa shape index (κ2) is 8.09. The van der Waals surface area contributed by atoms with Gasteiger partial charge in [-0.3, -0.25) is 9.58 Å². The average molecular weight is 431 g/mol. The molecule has 0 N–H and O–H groups in total. The lowest BCUT2D eigenvalue weighted by Gasteiger charge is -2.34. The smallest absolute Gasteiger partial charge is 0.246 e. The zero-order valence-electron chi connectivity index (χ0n) is 15.7. The van der Waals surface area contributed by atoms with E-state index in [1.165, 1.54) is 0 Å². The van der Waals surface area contributed by atoms with Crippen molar-refractivity contribution in [2.75, 3.05) is 26.2 Å². The molecule has 0 amide bonds. The third-order valence-electron chi connectivity index (χ3n) is 4.99. The van der Waals surface area contributed by atoms with Crippen molar-refractivity contribution in [2.24, 2.45) is 0 Å². The number of nitrogens with zero attached hydrogens (tertiary/aromatic N) is 4. The molecule has 1 aliphatic rings. The van der Waals surface area contributed by atoms with E-state index < -0.39 is 10.0 Å². The van der Waals surface area contributed by atoms with Gasteiger partial charge in [0.15, 0.2) is 0 Å². The topological polar surface area (TPSA) is 58.4 Å². The van der Waals surface area contributed by atoms with Crippen LogP contribution in [0.1, 0.15) is 23.9 Å². The number of aromatic nitrogens is 2. The molecule has 0 atom stereocenters. The first-order valence-electron chi connectivity index (χ1n) is 8.95. The summed E-state index contributed by atoms with van der Waals surface area (Å²) in [6.07, 6.45) is 0. The summed E-state index contributed by atoms with van der Waals surface area (Å²) >= 11 is 12.5. The first kappa shape index (κ1) is 20.6. The molecule has 1 aromatic carbocycles. The third kappa shape index (κ3) is 4.03. The van der Waals surface area contributed by atoms with Gasteiger partial charge in [0, 0.05) is 54.9 Å². The van der Waals surface area contributed by atoms with Crippen molar-refractivity contribution >= 4 is 33.2 Å². The van der Waals surface area contributed by atoms with Gasteiger partial charge >= 0.3 is 0 Å². The van der Waals surface area contributed by atoms with E-state index >= 15 is 0 Å². The van der Waals surface area contributed by atoms with Gasteiger partial charge in [0.1, 0.15) is 4.90 Å². The normalized spacial score (nSPS) is 16.8. The van der Waals surface area contributed by atoms with Gasteiger partial charge in [0.05, 0.1) is 11.4 Å². The molecular weight excluding hydrogens is 407 g/mol. The van der Waals surface area contributed by atoms with Crippen LogP contribution in [-0.4, -0.2) is 53.6 Å². The molecule has 1 aliphatic heterocycles. The van der Waals surface area contributed by atoms with E-state index in [0.717, 1.165) is 5.56 Å². The highest BCUT2D eigenvalue weighted by molar-refractivity contribution is 7.89. The Bertz CT molecular complexity index is 915. The minimum Gasteiger partial charge on any atom is -0.296 e. The van der Waals surface area contributed by atoms with Crippen molar-refractivity contribution in [2.45, 2.75) is 38.8 Å². The Labute approximate surface area is 170 Å². The molecule has 0 saturated carbocycles. The fourth-order valence-electron chi connectivity index (χ4n) is 3.53. The number of benzene rings is 1. The van der Waals surface area contributed by atoms with Crippen LogP contribution in [0.5, 0.6) is 0 Å². The first-order valence-corrected chi connectivity index (χ1v) is 11.1. The zero-order valence-corrected chi connectivity index (χ0v) is 18.1. The van der Waals surface area contributed by atoms with E-state index in [9.17, 15) is 8.42 Å².